The van der Waals surface area contributed by atoms with E-state index in [0.717, 1.165) is 31.1 Å². The third-order valence-electron chi connectivity index (χ3n) is 3.20. The quantitative estimate of drug-likeness (QED) is 0.0795. The van der Waals surface area contributed by atoms with Gasteiger partial charge in [0, 0.05) is 39.6 Å². The van der Waals surface area contributed by atoms with E-state index in [2.05, 4.69) is 41.9 Å². The predicted octanol–water partition coefficient (Wildman–Crippen LogP) is 4.34. The molecule has 0 saturated carbocycles. The van der Waals surface area contributed by atoms with Gasteiger partial charge in [-0.2, -0.15) is 5.26 Å². The summed E-state index contributed by atoms with van der Waals surface area (Å²) in [7, 11) is 0. The van der Waals surface area contributed by atoms with Crippen molar-refractivity contribution in [2.75, 3.05) is 52.7 Å². The Labute approximate surface area is 209 Å². The fourth-order valence-electron chi connectivity index (χ4n) is 1.94. The minimum atomic E-state index is -0.107. The van der Waals surface area contributed by atoms with E-state index >= 15 is 0 Å². The summed E-state index contributed by atoms with van der Waals surface area (Å²) < 4.78 is 16.6. The number of hydrogen-bond donors (Lipinski definition) is 1. The summed E-state index contributed by atoms with van der Waals surface area (Å²) in [5.41, 5.74) is 3.73. The topological polar surface area (TPSA) is 86.8 Å². The van der Waals surface area contributed by atoms with Crippen LogP contribution in [-0.4, -0.2) is 64.2 Å². The molecule has 0 spiro atoms. The van der Waals surface area contributed by atoms with E-state index in [4.69, 9.17) is 24.3 Å². The van der Waals surface area contributed by atoms with Gasteiger partial charge >= 0.3 is 0 Å². The number of thiocyanates is 1. The van der Waals surface area contributed by atoms with Gasteiger partial charge in [-0.25, -0.2) is 0 Å². The van der Waals surface area contributed by atoms with Gasteiger partial charge < -0.3 is 29.8 Å². The second-order valence-corrected chi connectivity index (χ2v) is 7.53. The van der Waals surface area contributed by atoms with E-state index in [1.165, 1.54) is 0 Å². The van der Waals surface area contributed by atoms with Crippen molar-refractivity contribution in [2.24, 2.45) is 5.92 Å². The van der Waals surface area contributed by atoms with Crippen molar-refractivity contribution in [3.63, 3.8) is 0 Å². The molecular formula is C22H42N3O4SW-. The van der Waals surface area contributed by atoms with Crippen molar-refractivity contribution in [3.8, 4) is 17.2 Å². The van der Waals surface area contributed by atoms with Gasteiger partial charge in [0.2, 0.25) is 0 Å². The van der Waals surface area contributed by atoms with E-state index in [9.17, 15) is 0 Å². The summed E-state index contributed by atoms with van der Waals surface area (Å²) in [6.45, 7) is 16.4. The molecule has 182 valence electrons. The number of nitriles is 1. The predicted molar refractivity (Wildman–Crippen MR) is 125 cm³/mol. The van der Waals surface area contributed by atoms with Crippen molar-refractivity contribution >= 4 is 11.8 Å². The van der Waals surface area contributed by atoms with Crippen molar-refractivity contribution in [1.82, 2.24) is 5.32 Å². The van der Waals surface area contributed by atoms with Crippen LogP contribution in [0.2, 0.25) is 0 Å². The van der Waals surface area contributed by atoms with Crippen LogP contribution in [0.3, 0.4) is 0 Å². The standard InChI is InChI=1S/C20H36N3O4S.C2H6.W/c1-18(2)7-5-10-23-27-16-14-25-12-11-24-13-15-26-20(28-17-21)8-6-9-22-19(3)4;1-2;/h18-20,22H,6,8-16H2,1-4H3;1-2H3;/q-1;;. The van der Waals surface area contributed by atoms with E-state index < -0.39 is 0 Å². The molecule has 9 heteroatoms. The Kier molecular flexibility index (Phi) is 34.1. The van der Waals surface area contributed by atoms with Crippen molar-refractivity contribution < 1.29 is 40.1 Å². The average molecular weight is 629 g/mol. The van der Waals surface area contributed by atoms with Gasteiger partial charge in [0.1, 0.15) is 10.8 Å². The SMILES string of the molecule is CC.CC(C)C#CC[N-]OCCOCCOCCOC(CCCNC(C)C)SC#N.[W]. The van der Waals surface area contributed by atoms with E-state index in [-0.39, 0.29) is 26.5 Å². The molecule has 31 heavy (non-hydrogen) atoms. The Morgan fingerprint density at radius 3 is 2.16 bits per heavy atom. The maximum Gasteiger partial charge on any atom is 0.136 e. The van der Waals surface area contributed by atoms with Crippen LogP contribution in [0.4, 0.5) is 0 Å². The zero-order chi connectivity index (χ0) is 22.9. The summed E-state index contributed by atoms with van der Waals surface area (Å²) in [6.07, 6.45) is 1.82. The van der Waals surface area contributed by atoms with Crippen molar-refractivity contribution in [3.05, 3.63) is 5.48 Å². The monoisotopic (exact) mass is 628 g/mol. The van der Waals surface area contributed by atoms with Gasteiger partial charge in [0.05, 0.1) is 33.0 Å². The fourth-order valence-corrected chi connectivity index (χ4v) is 2.51. The molecule has 0 bridgehead atoms. The van der Waals surface area contributed by atoms with Crippen molar-refractivity contribution in [2.45, 2.75) is 65.9 Å². The first kappa shape index (κ1) is 35.4. The van der Waals surface area contributed by atoms with Crippen LogP contribution in [-0.2, 0) is 40.1 Å². The average Bonchev–Trinajstić information content (AvgIpc) is 2.72. The van der Waals surface area contributed by atoms with Crippen LogP contribution in [0, 0.1) is 28.4 Å². The first-order valence-corrected chi connectivity index (χ1v) is 11.8. The number of thioether (sulfide) groups is 1. The third-order valence-corrected chi connectivity index (χ3v) is 3.94. The Bertz CT molecular complexity index is 454. The molecule has 1 atom stereocenters. The molecule has 0 rings (SSSR count). The first-order valence-electron chi connectivity index (χ1n) is 10.9. The molecule has 1 unspecified atom stereocenters. The Morgan fingerprint density at radius 2 is 1.58 bits per heavy atom. The van der Waals surface area contributed by atoms with Gasteiger partial charge in [0.15, 0.2) is 0 Å². The maximum atomic E-state index is 8.85. The summed E-state index contributed by atoms with van der Waals surface area (Å²) in [6, 6.07) is 0.476. The zero-order valence-electron chi connectivity index (χ0n) is 20.1. The zero-order valence-corrected chi connectivity index (χ0v) is 23.9. The van der Waals surface area contributed by atoms with Gasteiger partial charge in [-0.3, -0.25) is 0 Å². The minimum Gasteiger partial charge on any atom is -0.524 e. The molecule has 0 aromatic rings. The number of nitrogens with one attached hydrogen (secondary N) is 1. The Morgan fingerprint density at radius 1 is 0.968 bits per heavy atom. The molecule has 0 aromatic carbocycles. The molecule has 0 amide bonds. The van der Waals surface area contributed by atoms with Crippen LogP contribution in [0.1, 0.15) is 54.4 Å². The number of rotatable bonds is 18. The minimum absolute atomic E-state index is 0. The van der Waals surface area contributed by atoms with Crippen LogP contribution >= 0.6 is 11.8 Å². The number of hydrogen-bond acceptors (Lipinski definition) is 7. The molecule has 0 saturated heterocycles. The smallest absolute Gasteiger partial charge is 0.136 e. The van der Waals surface area contributed by atoms with E-state index in [1.807, 2.05) is 27.7 Å². The largest absolute Gasteiger partial charge is 0.524 e. The molecule has 0 heterocycles. The van der Waals surface area contributed by atoms with Crippen LogP contribution in [0.25, 0.3) is 5.48 Å². The Balaban J connectivity index is -0.00000253. The second kappa shape index (κ2) is 29.8. The molecule has 7 nitrogen and oxygen atoms in total. The summed E-state index contributed by atoms with van der Waals surface area (Å²) >= 11 is 1.16. The summed E-state index contributed by atoms with van der Waals surface area (Å²) in [5.74, 6) is 6.28. The van der Waals surface area contributed by atoms with Gasteiger partial charge in [-0.1, -0.05) is 48.1 Å². The second-order valence-electron chi connectivity index (χ2n) is 6.58. The van der Waals surface area contributed by atoms with Gasteiger partial charge in [-0.05, 0) is 31.1 Å². The number of ether oxygens (including phenoxy) is 3. The molecule has 0 fully saturated rings. The van der Waals surface area contributed by atoms with Gasteiger partial charge in [0.25, 0.3) is 0 Å². The normalized spacial score (nSPS) is 11.1. The number of hydroxylamine groups is 1. The van der Waals surface area contributed by atoms with E-state index in [0.29, 0.717) is 58.1 Å². The molecule has 0 aliphatic carbocycles. The molecule has 0 aliphatic heterocycles. The van der Waals surface area contributed by atoms with Crippen LogP contribution in [0.15, 0.2) is 0 Å². The maximum absolute atomic E-state index is 8.85. The first-order chi connectivity index (χ1) is 14.6. The fraction of sp³-hybridized carbons (Fsp3) is 0.864. The van der Waals surface area contributed by atoms with Gasteiger partial charge in [-0.15, -0.1) is 11.8 Å². The van der Waals surface area contributed by atoms with Crippen LogP contribution in [0.5, 0.6) is 0 Å². The Hall–Kier alpha value is -0.152. The third kappa shape index (κ3) is 32.1. The molecule has 0 aliphatic rings. The van der Waals surface area contributed by atoms with Crippen molar-refractivity contribution in [1.29, 1.82) is 5.26 Å². The molecule has 1 N–H and O–H groups in total. The van der Waals surface area contributed by atoms with Crippen LogP contribution < -0.4 is 5.32 Å². The molecule has 0 aromatic heterocycles. The summed E-state index contributed by atoms with van der Waals surface area (Å²) in [4.78, 5) is 5.07. The number of nitrogens with zero attached hydrogens (tertiary/aromatic N) is 2. The van der Waals surface area contributed by atoms with E-state index in [1.54, 1.807) is 0 Å². The summed E-state index contributed by atoms with van der Waals surface area (Å²) in [5, 5.41) is 14.3. The molecular weight excluding hydrogens is 586 g/mol. The molecule has 0 radical (unpaired) electrons.